The fourth-order valence-electron chi connectivity index (χ4n) is 2.59. The van der Waals surface area contributed by atoms with Crippen molar-refractivity contribution < 1.29 is 5.11 Å². The van der Waals surface area contributed by atoms with Crippen molar-refractivity contribution in [3.8, 4) is 0 Å². The highest BCUT2D eigenvalue weighted by molar-refractivity contribution is 6.31. The molecule has 0 saturated carbocycles. The Morgan fingerprint density at radius 1 is 1.40 bits per heavy atom. The second-order valence-electron chi connectivity index (χ2n) is 5.28. The molecule has 0 aromatic heterocycles. The summed E-state index contributed by atoms with van der Waals surface area (Å²) in [6.07, 6.45) is 4.93. The van der Waals surface area contributed by atoms with Crippen LogP contribution in [0.25, 0.3) is 0 Å². The lowest BCUT2D eigenvalue weighted by Gasteiger charge is -2.34. The van der Waals surface area contributed by atoms with Crippen LogP contribution in [0.1, 0.15) is 19.3 Å². The first-order chi connectivity index (χ1) is 9.74. The van der Waals surface area contributed by atoms with Crippen LogP contribution in [0.3, 0.4) is 0 Å². The minimum Gasteiger partial charge on any atom is -0.396 e. The van der Waals surface area contributed by atoms with Crippen molar-refractivity contribution in [3.05, 3.63) is 35.9 Å². The van der Waals surface area contributed by atoms with Gasteiger partial charge in [0.25, 0.3) is 0 Å². The SMILES string of the molecule is C=CCCNc1cc(Cl)ccc1N1CCC(CO)CC1. The number of piperidine rings is 1. The van der Waals surface area contributed by atoms with Crippen LogP contribution in [0.5, 0.6) is 0 Å². The van der Waals surface area contributed by atoms with E-state index in [0.717, 1.165) is 49.6 Å². The van der Waals surface area contributed by atoms with Crippen molar-refractivity contribution >= 4 is 23.0 Å². The van der Waals surface area contributed by atoms with Crippen LogP contribution in [0.15, 0.2) is 30.9 Å². The Balaban J connectivity index is 2.08. The molecular formula is C16H23ClN2O. The summed E-state index contributed by atoms with van der Waals surface area (Å²) in [5.41, 5.74) is 2.29. The maximum absolute atomic E-state index is 9.22. The van der Waals surface area contributed by atoms with E-state index >= 15 is 0 Å². The molecule has 1 aliphatic rings. The molecule has 1 saturated heterocycles. The highest BCUT2D eigenvalue weighted by Crippen LogP contribution is 2.32. The standard InChI is InChI=1S/C16H23ClN2O/c1-2-3-8-18-15-11-14(17)4-5-16(15)19-9-6-13(12-20)7-10-19/h2,4-5,11,13,18,20H,1,3,6-10,12H2. The number of aliphatic hydroxyl groups excluding tert-OH is 1. The predicted octanol–water partition coefficient (Wildman–Crippen LogP) is 3.54. The van der Waals surface area contributed by atoms with E-state index in [9.17, 15) is 5.11 Å². The topological polar surface area (TPSA) is 35.5 Å². The van der Waals surface area contributed by atoms with Crippen LogP contribution in [0.4, 0.5) is 11.4 Å². The number of anilines is 2. The Kier molecular flexibility index (Phi) is 5.74. The summed E-state index contributed by atoms with van der Waals surface area (Å²) >= 11 is 6.10. The van der Waals surface area contributed by atoms with Gasteiger partial charge in [0, 0.05) is 31.3 Å². The fourth-order valence-corrected chi connectivity index (χ4v) is 2.76. The summed E-state index contributed by atoms with van der Waals surface area (Å²) < 4.78 is 0. The number of hydrogen-bond acceptors (Lipinski definition) is 3. The van der Waals surface area contributed by atoms with Crippen LogP contribution in [0.2, 0.25) is 5.02 Å². The second kappa shape index (κ2) is 7.55. The number of halogens is 1. The largest absolute Gasteiger partial charge is 0.396 e. The van der Waals surface area contributed by atoms with Crippen LogP contribution in [-0.4, -0.2) is 31.3 Å². The maximum atomic E-state index is 9.22. The van der Waals surface area contributed by atoms with Gasteiger partial charge < -0.3 is 15.3 Å². The number of benzene rings is 1. The van der Waals surface area contributed by atoms with Gasteiger partial charge in [-0.05, 0) is 43.4 Å². The fraction of sp³-hybridized carbons (Fsp3) is 0.500. The number of nitrogens with zero attached hydrogens (tertiary/aromatic N) is 1. The molecule has 1 aromatic carbocycles. The number of nitrogens with one attached hydrogen (secondary N) is 1. The molecule has 1 fully saturated rings. The summed E-state index contributed by atoms with van der Waals surface area (Å²) in [7, 11) is 0. The van der Waals surface area contributed by atoms with E-state index in [0.29, 0.717) is 12.5 Å². The minimum absolute atomic E-state index is 0.304. The molecule has 0 aliphatic carbocycles. The normalized spacial score (nSPS) is 16.2. The molecule has 0 bridgehead atoms. The summed E-state index contributed by atoms with van der Waals surface area (Å²) in [4.78, 5) is 2.37. The molecular weight excluding hydrogens is 272 g/mol. The molecule has 110 valence electrons. The summed E-state index contributed by atoms with van der Waals surface area (Å²) in [5.74, 6) is 0.454. The van der Waals surface area contributed by atoms with E-state index in [-0.39, 0.29) is 0 Å². The molecule has 0 spiro atoms. The Bertz CT molecular complexity index is 442. The lowest BCUT2D eigenvalue weighted by Crippen LogP contribution is -2.35. The first kappa shape index (κ1) is 15.2. The molecule has 4 heteroatoms. The van der Waals surface area contributed by atoms with Crippen molar-refractivity contribution in [3.63, 3.8) is 0 Å². The van der Waals surface area contributed by atoms with Gasteiger partial charge >= 0.3 is 0 Å². The van der Waals surface area contributed by atoms with Crippen LogP contribution in [-0.2, 0) is 0 Å². The molecule has 0 atom stereocenters. The monoisotopic (exact) mass is 294 g/mol. The van der Waals surface area contributed by atoms with Crippen LogP contribution >= 0.6 is 11.6 Å². The third-order valence-corrected chi connectivity index (χ3v) is 4.07. The third-order valence-electron chi connectivity index (χ3n) is 3.84. The third kappa shape index (κ3) is 3.90. The molecule has 2 rings (SSSR count). The summed E-state index contributed by atoms with van der Waals surface area (Å²) in [5, 5.41) is 13.4. The van der Waals surface area contributed by atoms with Gasteiger partial charge in [0.1, 0.15) is 0 Å². The zero-order valence-corrected chi connectivity index (χ0v) is 12.6. The van der Waals surface area contributed by atoms with Gasteiger partial charge in [0.05, 0.1) is 11.4 Å². The average Bonchev–Trinajstić information content (AvgIpc) is 2.48. The summed E-state index contributed by atoms with van der Waals surface area (Å²) in [6, 6.07) is 6.00. The van der Waals surface area contributed by atoms with Gasteiger partial charge in [-0.2, -0.15) is 0 Å². The highest BCUT2D eigenvalue weighted by Gasteiger charge is 2.20. The van der Waals surface area contributed by atoms with E-state index in [1.165, 1.54) is 5.69 Å². The molecule has 1 aromatic rings. The quantitative estimate of drug-likeness (QED) is 0.622. The first-order valence-electron chi connectivity index (χ1n) is 7.24. The zero-order valence-electron chi connectivity index (χ0n) is 11.8. The van der Waals surface area contributed by atoms with E-state index < -0.39 is 0 Å². The Morgan fingerprint density at radius 3 is 2.80 bits per heavy atom. The molecule has 20 heavy (non-hydrogen) atoms. The van der Waals surface area contributed by atoms with Crippen LogP contribution in [0, 0.1) is 5.92 Å². The van der Waals surface area contributed by atoms with Gasteiger partial charge in [-0.3, -0.25) is 0 Å². The molecule has 1 heterocycles. The van der Waals surface area contributed by atoms with Gasteiger partial charge in [0.15, 0.2) is 0 Å². The molecule has 3 nitrogen and oxygen atoms in total. The lowest BCUT2D eigenvalue weighted by atomic mass is 9.97. The molecule has 0 radical (unpaired) electrons. The molecule has 1 aliphatic heterocycles. The number of aliphatic hydroxyl groups is 1. The van der Waals surface area contributed by atoms with Gasteiger partial charge in [-0.1, -0.05) is 17.7 Å². The van der Waals surface area contributed by atoms with Gasteiger partial charge in [0.2, 0.25) is 0 Å². The van der Waals surface area contributed by atoms with Crippen molar-refractivity contribution in [1.82, 2.24) is 0 Å². The van der Waals surface area contributed by atoms with Crippen molar-refractivity contribution in [1.29, 1.82) is 0 Å². The average molecular weight is 295 g/mol. The smallest absolute Gasteiger partial charge is 0.0603 e. The van der Waals surface area contributed by atoms with Crippen LogP contribution < -0.4 is 10.2 Å². The van der Waals surface area contributed by atoms with Crippen molar-refractivity contribution in [2.45, 2.75) is 19.3 Å². The summed E-state index contributed by atoms with van der Waals surface area (Å²) in [6.45, 7) is 6.89. The van der Waals surface area contributed by atoms with Gasteiger partial charge in [-0.15, -0.1) is 6.58 Å². The first-order valence-corrected chi connectivity index (χ1v) is 7.62. The predicted molar refractivity (Wildman–Crippen MR) is 86.8 cm³/mol. The van der Waals surface area contributed by atoms with E-state index in [4.69, 9.17) is 11.6 Å². The lowest BCUT2D eigenvalue weighted by molar-refractivity contribution is 0.203. The molecule has 0 amide bonds. The Hall–Kier alpha value is -1.19. The Morgan fingerprint density at radius 2 is 2.15 bits per heavy atom. The van der Waals surface area contributed by atoms with Crippen molar-refractivity contribution in [2.75, 3.05) is 36.5 Å². The highest BCUT2D eigenvalue weighted by atomic mass is 35.5. The number of hydrogen-bond donors (Lipinski definition) is 2. The maximum Gasteiger partial charge on any atom is 0.0603 e. The van der Waals surface area contributed by atoms with Crippen molar-refractivity contribution in [2.24, 2.45) is 5.92 Å². The van der Waals surface area contributed by atoms with E-state index in [1.807, 2.05) is 18.2 Å². The van der Waals surface area contributed by atoms with E-state index in [1.54, 1.807) is 0 Å². The second-order valence-corrected chi connectivity index (χ2v) is 5.72. The molecule has 2 N–H and O–H groups in total. The zero-order chi connectivity index (χ0) is 14.4. The molecule has 0 unspecified atom stereocenters. The van der Waals surface area contributed by atoms with Gasteiger partial charge in [-0.25, -0.2) is 0 Å². The number of rotatable bonds is 6. The van der Waals surface area contributed by atoms with E-state index in [2.05, 4.69) is 22.9 Å². The minimum atomic E-state index is 0.304. The Labute approximate surface area is 126 Å².